The number of hydrogen-bond acceptors (Lipinski definition) is 3. The summed E-state index contributed by atoms with van der Waals surface area (Å²) in [6.07, 6.45) is 0.00670. The third-order valence-electron chi connectivity index (χ3n) is 2.83. The van der Waals surface area contributed by atoms with Crippen LogP contribution in [0.2, 0.25) is 0 Å². The van der Waals surface area contributed by atoms with Crippen molar-refractivity contribution in [3.8, 4) is 0 Å². The fourth-order valence-electron chi connectivity index (χ4n) is 1.63. The van der Waals surface area contributed by atoms with Crippen LogP contribution in [0.25, 0.3) is 0 Å². The van der Waals surface area contributed by atoms with Gasteiger partial charge in [0.1, 0.15) is 6.10 Å². The van der Waals surface area contributed by atoms with E-state index in [0.717, 1.165) is 5.56 Å². The first kappa shape index (κ1) is 13.2. The Balaban J connectivity index is 2.76. The topological polar surface area (TPSA) is 44.5 Å². The van der Waals surface area contributed by atoms with Gasteiger partial charge in [0.2, 0.25) is 0 Å². The van der Waals surface area contributed by atoms with E-state index in [9.17, 15) is 0 Å². The molecular weight excluding hydrogens is 202 g/mol. The van der Waals surface area contributed by atoms with Crippen LogP contribution in [0.15, 0.2) is 24.3 Å². The first-order chi connectivity index (χ1) is 7.72. The Bertz CT molecular complexity index is 297. The Morgan fingerprint density at radius 2 is 1.69 bits per heavy atom. The lowest BCUT2D eigenvalue weighted by Gasteiger charge is -2.16. The van der Waals surface area contributed by atoms with Crippen LogP contribution in [0.5, 0.6) is 0 Å². The molecule has 0 heterocycles. The predicted molar refractivity (Wildman–Crippen MR) is 65.5 cm³/mol. The van der Waals surface area contributed by atoms with Gasteiger partial charge in [0.25, 0.3) is 0 Å². The minimum atomic E-state index is 0.00670. The second-order valence-corrected chi connectivity index (χ2v) is 3.98. The van der Waals surface area contributed by atoms with Gasteiger partial charge in [0.05, 0.1) is 6.61 Å². The average molecular weight is 223 g/mol. The summed E-state index contributed by atoms with van der Waals surface area (Å²) in [5, 5.41) is 0. The molecule has 0 radical (unpaired) electrons. The molecule has 3 nitrogen and oxygen atoms in total. The van der Waals surface area contributed by atoms with Gasteiger partial charge in [-0.15, -0.1) is 0 Å². The van der Waals surface area contributed by atoms with Gasteiger partial charge < -0.3 is 15.2 Å². The van der Waals surface area contributed by atoms with Crippen molar-refractivity contribution in [2.24, 2.45) is 5.73 Å². The van der Waals surface area contributed by atoms with E-state index in [1.807, 2.05) is 0 Å². The number of rotatable bonds is 6. The third kappa shape index (κ3) is 3.30. The van der Waals surface area contributed by atoms with Crippen molar-refractivity contribution in [1.29, 1.82) is 0 Å². The number of ether oxygens (including phenoxy) is 2. The molecule has 0 saturated carbocycles. The van der Waals surface area contributed by atoms with Gasteiger partial charge in [0.15, 0.2) is 0 Å². The minimum absolute atomic E-state index is 0.00670. The zero-order valence-corrected chi connectivity index (χ0v) is 10.3. The smallest absolute Gasteiger partial charge is 0.105 e. The first-order valence-electron chi connectivity index (χ1n) is 5.54. The second-order valence-electron chi connectivity index (χ2n) is 3.98. The lowest BCUT2D eigenvalue weighted by atomic mass is 9.99. The third-order valence-corrected chi connectivity index (χ3v) is 2.83. The molecule has 2 N–H and O–H groups in total. The number of hydrogen-bond donors (Lipinski definition) is 1. The molecule has 0 aliphatic carbocycles. The van der Waals surface area contributed by atoms with Crippen molar-refractivity contribution in [2.45, 2.75) is 18.9 Å². The summed E-state index contributed by atoms with van der Waals surface area (Å²) in [6.45, 7) is 3.37. The van der Waals surface area contributed by atoms with Crippen molar-refractivity contribution < 1.29 is 9.47 Å². The normalized spacial score (nSPS) is 14.8. The van der Waals surface area contributed by atoms with Gasteiger partial charge >= 0.3 is 0 Å². The van der Waals surface area contributed by atoms with E-state index in [2.05, 4.69) is 31.2 Å². The number of nitrogens with two attached hydrogens (primary N) is 1. The van der Waals surface area contributed by atoms with Crippen molar-refractivity contribution in [3.63, 3.8) is 0 Å². The monoisotopic (exact) mass is 223 g/mol. The maximum Gasteiger partial charge on any atom is 0.105 e. The summed E-state index contributed by atoms with van der Waals surface area (Å²) in [5.74, 6) is 0.400. The van der Waals surface area contributed by atoms with Crippen LogP contribution in [0, 0.1) is 0 Å². The molecule has 16 heavy (non-hydrogen) atoms. The van der Waals surface area contributed by atoms with E-state index in [0.29, 0.717) is 19.1 Å². The molecule has 0 aliphatic rings. The summed E-state index contributed by atoms with van der Waals surface area (Å²) < 4.78 is 10.5. The summed E-state index contributed by atoms with van der Waals surface area (Å²) in [7, 11) is 3.37. The predicted octanol–water partition coefficient (Wildman–Crippen LogP) is 2.08. The van der Waals surface area contributed by atoms with Crippen LogP contribution in [-0.2, 0) is 9.47 Å². The highest BCUT2D eigenvalue weighted by Gasteiger charge is 2.10. The van der Waals surface area contributed by atoms with E-state index < -0.39 is 0 Å². The molecule has 0 bridgehead atoms. The van der Waals surface area contributed by atoms with Crippen LogP contribution in [-0.4, -0.2) is 27.4 Å². The molecule has 0 spiro atoms. The Morgan fingerprint density at radius 1 is 1.12 bits per heavy atom. The molecular formula is C13H21NO2. The molecule has 0 aliphatic heterocycles. The zero-order chi connectivity index (χ0) is 12.0. The molecule has 90 valence electrons. The zero-order valence-electron chi connectivity index (χ0n) is 10.3. The van der Waals surface area contributed by atoms with E-state index in [1.165, 1.54) is 5.56 Å². The van der Waals surface area contributed by atoms with E-state index >= 15 is 0 Å². The molecule has 2 unspecified atom stereocenters. The van der Waals surface area contributed by atoms with Crippen molar-refractivity contribution in [1.82, 2.24) is 0 Å². The van der Waals surface area contributed by atoms with Crippen LogP contribution < -0.4 is 5.73 Å². The Labute approximate surface area is 97.6 Å². The molecule has 0 fully saturated rings. The molecule has 0 saturated heterocycles. The van der Waals surface area contributed by atoms with Gasteiger partial charge in [0, 0.05) is 14.2 Å². The lowest BCUT2D eigenvalue weighted by Crippen LogP contribution is -2.10. The van der Waals surface area contributed by atoms with Crippen molar-refractivity contribution in [3.05, 3.63) is 35.4 Å². The highest BCUT2D eigenvalue weighted by Crippen LogP contribution is 2.20. The maximum absolute atomic E-state index is 5.63. The highest BCUT2D eigenvalue weighted by atomic mass is 16.5. The summed E-state index contributed by atoms with van der Waals surface area (Å²) in [5.41, 5.74) is 8.03. The van der Waals surface area contributed by atoms with Gasteiger partial charge in [-0.05, 0) is 23.6 Å². The molecule has 0 aromatic heterocycles. The Hall–Kier alpha value is -0.900. The van der Waals surface area contributed by atoms with Gasteiger partial charge in [-0.2, -0.15) is 0 Å². The minimum Gasteiger partial charge on any atom is -0.382 e. The van der Waals surface area contributed by atoms with Gasteiger partial charge in [-0.3, -0.25) is 0 Å². The summed E-state index contributed by atoms with van der Waals surface area (Å²) in [4.78, 5) is 0. The fourth-order valence-corrected chi connectivity index (χ4v) is 1.63. The number of methoxy groups -OCH3 is 2. The molecule has 1 aromatic carbocycles. The Kier molecular flexibility index (Phi) is 5.46. The summed E-state index contributed by atoms with van der Waals surface area (Å²) in [6, 6.07) is 8.37. The van der Waals surface area contributed by atoms with E-state index in [-0.39, 0.29) is 6.10 Å². The maximum atomic E-state index is 5.63. The molecule has 3 heteroatoms. The van der Waals surface area contributed by atoms with E-state index in [1.54, 1.807) is 14.2 Å². The largest absolute Gasteiger partial charge is 0.382 e. The Morgan fingerprint density at radius 3 is 2.12 bits per heavy atom. The van der Waals surface area contributed by atoms with Crippen LogP contribution in [0.1, 0.15) is 30.1 Å². The van der Waals surface area contributed by atoms with Crippen molar-refractivity contribution >= 4 is 0 Å². The fraction of sp³-hybridized carbons (Fsp3) is 0.538. The average Bonchev–Trinajstić information content (AvgIpc) is 2.35. The first-order valence-corrected chi connectivity index (χ1v) is 5.54. The molecule has 2 atom stereocenters. The molecule has 1 rings (SSSR count). The standard InChI is InChI=1S/C13H21NO2/c1-10(8-14)11-4-6-12(7-5-11)13(16-3)9-15-2/h4-7,10,13H,8-9,14H2,1-3H3. The van der Waals surface area contributed by atoms with Gasteiger partial charge in [-0.25, -0.2) is 0 Å². The van der Waals surface area contributed by atoms with Crippen LogP contribution >= 0.6 is 0 Å². The van der Waals surface area contributed by atoms with Crippen molar-refractivity contribution in [2.75, 3.05) is 27.4 Å². The van der Waals surface area contributed by atoms with E-state index in [4.69, 9.17) is 15.2 Å². The van der Waals surface area contributed by atoms with Gasteiger partial charge in [-0.1, -0.05) is 31.2 Å². The lowest BCUT2D eigenvalue weighted by molar-refractivity contribution is 0.0275. The highest BCUT2D eigenvalue weighted by molar-refractivity contribution is 5.26. The molecule has 0 amide bonds. The quantitative estimate of drug-likeness (QED) is 0.803. The van der Waals surface area contributed by atoms with Crippen LogP contribution in [0.3, 0.4) is 0 Å². The number of benzene rings is 1. The molecule has 1 aromatic rings. The second kappa shape index (κ2) is 6.63. The SMILES string of the molecule is COCC(OC)c1ccc(C(C)CN)cc1. The van der Waals surface area contributed by atoms with Crippen LogP contribution in [0.4, 0.5) is 0 Å². The summed E-state index contributed by atoms with van der Waals surface area (Å²) >= 11 is 0.